The molecule has 0 bridgehead atoms. The number of anilines is 1. The number of carbonyl (C=O) groups excluding carboxylic acids is 2. The Morgan fingerprint density at radius 3 is 2.93 bits per heavy atom. The number of ether oxygens (including phenoxy) is 1. The molecule has 0 atom stereocenters. The molecule has 15 heavy (non-hydrogen) atoms. The van der Waals surface area contributed by atoms with E-state index in [1.165, 1.54) is 13.4 Å². The van der Waals surface area contributed by atoms with Gasteiger partial charge < -0.3 is 15.0 Å². The maximum Gasteiger partial charge on any atom is 0.358 e. The minimum absolute atomic E-state index is 0.125. The van der Waals surface area contributed by atoms with Crippen molar-refractivity contribution in [2.75, 3.05) is 19.0 Å². The van der Waals surface area contributed by atoms with Crippen molar-refractivity contribution in [3.63, 3.8) is 0 Å². The Kier molecular flexibility index (Phi) is 3.67. The molecule has 0 fully saturated rings. The smallest absolute Gasteiger partial charge is 0.358 e. The van der Waals surface area contributed by atoms with Gasteiger partial charge in [0, 0.05) is 7.05 Å². The van der Waals surface area contributed by atoms with Gasteiger partial charge in [0.2, 0.25) is 0 Å². The number of imidazole rings is 1. The molecule has 0 aromatic carbocycles. The highest BCUT2D eigenvalue weighted by Gasteiger charge is 2.16. The standard InChI is InChI=1S/C8H12N4O3/c1-3-15-7(13)5-6(11-4-10-5)12-8(14)9-2/h4H,3H2,1-2H3,(H,10,11)(H2,9,12,14). The van der Waals surface area contributed by atoms with Crippen molar-refractivity contribution in [3.8, 4) is 0 Å². The summed E-state index contributed by atoms with van der Waals surface area (Å²) in [7, 11) is 1.46. The Balaban J connectivity index is 2.77. The van der Waals surface area contributed by atoms with E-state index in [1.54, 1.807) is 6.92 Å². The molecule has 0 aliphatic rings. The highest BCUT2D eigenvalue weighted by atomic mass is 16.5. The Bertz CT molecular complexity index is 361. The second kappa shape index (κ2) is 4.99. The molecular formula is C8H12N4O3. The van der Waals surface area contributed by atoms with Gasteiger partial charge in [-0.05, 0) is 6.92 Å². The van der Waals surface area contributed by atoms with Crippen LogP contribution in [-0.4, -0.2) is 35.6 Å². The van der Waals surface area contributed by atoms with E-state index in [1.807, 2.05) is 0 Å². The second-order valence-corrected chi connectivity index (χ2v) is 2.55. The van der Waals surface area contributed by atoms with Crippen LogP contribution in [0.2, 0.25) is 0 Å². The third kappa shape index (κ3) is 2.70. The monoisotopic (exact) mass is 212 g/mol. The van der Waals surface area contributed by atoms with Crippen molar-refractivity contribution in [1.82, 2.24) is 15.3 Å². The van der Waals surface area contributed by atoms with E-state index < -0.39 is 12.0 Å². The average molecular weight is 212 g/mol. The van der Waals surface area contributed by atoms with Crippen molar-refractivity contribution < 1.29 is 14.3 Å². The zero-order chi connectivity index (χ0) is 11.3. The van der Waals surface area contributed by atoms with Crippen molar-refractivity contribution in [3.05, 3.63) is 12.0 Å². The Hall–Kier alpha value is -2.05. The summed E-state index contributed by atoms with van der Waals surface area (Å²) in [5.41, 5.74) is 0.125. The summed E-state index contributed by atoms with van der Waals surface area (Å²) >= 11 is 0. The molecular weight excluding hydrogens is 200 g/mol. The number of H-pyrrole nitrogens is 1. The van der Waals surface area contributed by atoms with Crippen molar-refractivity contribution >= 4 is 17.8 Å². The van der Waals surface area contributed by atoms with Gasteiger partial charge in [0.1, 0.15) is 0 Å². The summed E-state index contributed by atoms with van der Waals surface area (Å²) in [6, 6.07) is -0.451. The fourth-order valence-electron chi connectivity index (χ4n) is 0.918. The summed E-state index contributed by atoms with van der Waals surface area (Å²) in [4.78, 5) is 28.7. The SMILES string of the molecule is CCOC(=O)c1[nH]cnc1NC(=O)NC. The molecule has 0 aliphatic heterocycles. The fraction of sp³-hybridized carbons (Fsp3) is 0.375. The van der Waals surface area contributed by atoms with E-state index in [0.29, 0.717) is 0 Å². The average Bonchev–Trinajstić information content (AvgIpc) is 2.66. The molecule has 0 aliphatic carbocycles. The van der Waals surface area contributed by atoms with Crippen LogP contribution in [-0.2, 0) is 4.74 Å². The van der Waals surface area contributed by atoms with Crippen molar-refractivity contribution in [1.29, 1.82) is 0 Å². The molecule has 0 saturated carbocycles. The molecule has 7 nitrogen and oxygen atoms in total. The predicted molar refractivity (Wildman–Crippen MR) is 52.6 cm³/mol. The van der Waals surface area contributed by atoms with E-state index in [-0.39, 0.29) is 18.1 Å². The minimum Gasteiger partial charge on any atom is -0.461 e. The maximum atomic E-state index is 11.3. The van der Waals surface area contributed by atoms with E-state index in [9.17, 15) is 9.59 Å². The second-order valence-electron chi connectivity index (χ2n) is 2.55. The fourth-order valence-corrected chi connectivity index (χ4v) is 0.918. The molecule has 0 radical (unpaired) electrons. The number of esters is 1. The van der Waals surface area contributed by atoms with Crippen LogP contribution in [0.5, 0.6) is 0 Å². The lowest BCUT2D eigenvalue weighted by Crippen LogP contribution is -2.25. The van der Waals surface area contributed by atoms with Crippen LogP contribution < -0.4 is 10.6 Å². The van der Waals surface area contributed by atoms with E-state index >= 15 is 0 Å². The van der Waals surface area contributed by atoms with Crippen LogP contribution in [0.25, 0.3) is 0 Å². The molecule has 0 unspecified atom stereocenters. The lowest BCUT2D eigenvalue weighted by molar-refractivity contribution is 0.0521. The molecule has 82 valence electrons. The van der Waals surface area contributed by atoms with E-state index in [0.717, 1.165) is 0 Å². The summed E-state index contributed by atoms with van der Waals surface area (Å²) in [6.45, 7) is 1.96. The molecule has 1 aromatic heterocycles. The molecule has 0 saturated heterocycles. The number of rotatable bonds is 3. The molecule has 3 N–H and O–H groups in total. The number of nitrogens with zero attached hydrogens (tertiary/aromatic N) is 1. The van der Waals surface area contributed by atoms with Gasteiger partial charge in [-0.1, -0.05) is 0 Å². The lowest BCUT2D eigenvalue weighted by Gasteiger charge is -2.03. The van der Waals surface area contributed by atoms with Crippen molar-refractivity contribution in [2.24, 2.45) is 0 Å². The first-order chi connectivity index (χ1) is 7.19. The summed E-state index contributed by atoms with van der Waals surface area (Å²) in [5, 5.41) is 4.73. The molecule has 7 heteroatoms. The highest BCUT2D eigenvalue weighted by molar-refractivity contribution is 5.98. The lowest BCUT2D eigenvalue weighted by atomic mass is 10.4. The normalized spacial score (nSPS) is 9.47. The zero-order valence-electron chi connectivity index (χ0n) is 8.46. The highest BCUT2D eigenvalue weighted by Crippen LogP contribution is 2.10. The third-order valence-corrected chi connectivity index (χ3v) is 1.58. The summed E-state index contributed by atoms with van der Waals surface area (Å²) in [6.07, 6.45) is 1.30. The van der Waals surface area contributed by atoms with Gasteiger partial charge in [0.25, 0.3) is 0 Å². The number of urea groups is 1. The molecule has 1 heterocycles. The number of hydrogen-bond donors (Lipinski definition) is 3. The van der Waals surface area contributed by atoms with Gasteiger partial charge in [0.15, 0.2) is 11.5 Å². The first-order valence-corrected chi connectivity index (χ1v) is 4.38. The quantitative estimate of drug-likeness (QED) is 0.629. The number of amides is 2. The van der Waals surface area contributed by atoms with E-state index in [4.69, 9.17) is 4.74 Å². The number of hydrogen-bond acceptors (Lipinski definition) is 4. The minimum atomic E-state index is -0.554. The topological polar surface area (TPSA) is 96.1 Å². The molecule has 2 amide bonds. The number of nitrogens with one attached hydrogen (secondary N) is 3. The van der Waals surface area contributed by atoms with Crippen LogP contribution in [0.3, 0.4) is 0 Å². The molecule has 0 spiro atoms. The van der Waals surface area contributed by atoms with Gasteiger partial charge in [0.05, 0.1) is 12.9 Å². The summed E-state index contributed by atoms with van der Waals surface area (Å²) in [5.74, 6) is -0.408. The van der Waals surface area contributed by atoms with Crippen LogP contribution >= 0.6 is 0 Å². The molecule has 1 aromatic rings. The number of carbonyl (C=O) groups is 2. The summed E-state index contributed by atoms with van der Waals surface area (Å²) < 4.78 is 4.76. The van der Waals surface area contributed by atoms with Crippen LogP contribution in [0, 0.1) is 0 Å². The van der Waals surface area contributed by atoms with Crippen molar-refractivity contribution in [2.45, 2.75) is 6.92 Å². The Morgan fingerprint density at radius 2 is 2.33 bits per heavy atom. The first kappa shape index (κ1) is 11.0. The zero-order valence-corrected chi connectivity index (χ0v) is 8.46. The Morgan fingerprint density at radius 1 is 1.60 bits per heavy atom. The molecule has 1 rings (SSSR count). The van der Waals surface area contributed by atoms with Crippen LogP contribution in [0.15, 0.2) is 6.33 Å². The van der Waals surface area contributed by atoms with Gasteiger partial charge in [-0.2, -0.15) is 0 Å². The van der Waals surface area contributed by atoms with Gasteiger partial charge in [-0.15, -0.1) is 0 Å². The van der Waals surface area contributed by atoms with Gasteiger partial charge >= 0.3 is 12.0 Å². The Labute approximate surface area is 86.2 Å². The van der Waals surface area contributed by atoms with Gasteiger partial charge in [-0.3, -0.25) is 5.32 Å². The van der Waals surface area contributed by atoms with E-state index in [2.05, 4.69) is 20.6 Å². The largest absolute Gasteiger partial charge is 0.461 e. The predicted octanol–water partition coefficient (Wildman–Crippen LogP) is 0.338. The van der Waals surface area contributed by atoms with Crippen LogP contribution in [0.1, 0.15) is 17.4 Å². The van der Waals surface area contributed by atoms with Crippen LogP contribution in [0.4, 0.5) is 10.6 Å². The maximum absolute atomic E-state index is 11.3. The van der Waals surface area contributed by atoms with Gasteiger partial charge in [-0.25, -0.2) is 14.6 Å². The third-order valence-electron chi connectivity index (χ3n) is 1.58. The number of aromatic nitrogens is 2. The number of aromatic amines is 1. The first-order valence-electron chi connectivity index (χ1n) is 4.38.